The molecule has 1 atom stereocenters. The van der Waals surface area contributed by atoms with Crippen LogP contribution in [0, 0.1) is 0 Å². The maximum absolute atomic E-state index is 12.3. The summed E-state index contributed by atoms with van der Waals surface area (Å²) in [6, 6.07) is 16.2. The van der Waals surface area contributed by atoms with Gasteiger partial charge in [-0.05, 0) is 30.7 Å². The maximum Gasteiger partial charge on any atom is 0.242 e. The summed E-state index contributed by atoms with van der Waals surface area (Å²) in [4.78, 5) is 12.5. The minimum atomic E-state index is -3.52. The van der Waals surface area contributed by atoms with Crippen LogP contribution in [0.4, 0.5) is 5.69 Å². The van der Waals surface area contributed by atoms with Gasteiger partial charge in [0.1, 0.15) is 0 Å². The van der Waals surface area contributed by atoms with Gasteiger partial charge in [0.25, 0.3) is 0 Å². The topological polar surface area (TPSA) is 66.5 Å². The van der Waals surface area contributed by atoms with Crippen molar-refractivity contribution >= 4 is 33.4 Å². The first-order valence-electron chi connectivity index (χ1n) is 7.79. The maximum atomic E-state index is 12.3. The van der Waals surface area contributed by atoms with E-state index in [1.54, 1.807) is 12.1 Å². The van der Waals surface area contributed by atoms with E-state index in [1.165, 1.54) is 38.0 Å². The molecule has 134 valence electrons. The highest BCUT2D eigenvalue weighted by Crippen LogP contribution is 2.21. The van der Waals surface area contributed by atoms with Crippen LogP contribution >= 0.6 is 11.8 Å². The van der Waals surface area contributed by atoms with Crippen LogP contribution in [0.1, 0.15) is 12.5 Å². The molecule has 1 N–H and O–H groups in total. The van der Waals surface area contributed by atoms with Crippen LogP contribution in [0.25, 0.3) is 0 Å². The summed E-state index contributed by atoms with van der Waals surface area (Å²) in [6.07, 6.45) is 0. The summed E-state index contributed by atoms with van der Waals surface area (Å²) in [5.74, 6) is 0.588. The highest BCUT2D eigenvalue weighted by atomic mass is 32.2. The molecule has 2 aromatic carbocycles. The number of carbonyl (C=O) groups is 1. The normalized spacial score (nSPS) is 12.8. The summed E-state index contributed by atoms with van der Waals surface area (Å²) in [5.41, 5.74) is 1.63. The number of anilines is 1. The summed E-state index contributed by atoms with van der Waals surface area (Å²) < 4.78 is 25.5. The van der Waals surface area contributed by atoms with Crippen LogP contribution in [-0.2, 0) is 20.6 Å². The van der Waals surface area contributed by atoms with Crippen molar-refractivity contribution in [3.8, 4) is 0 Å². The number of amides is 1. The van der Waals surface area contributed by atoms with Gasteiger partial charge in [0, 0.05) is 25.5 Å². The van der Waals surface area contributed by atoms with Crippen molar-refractivity contribution in [1.82, 2.24) is 4.31 Å². The second kappa shape index (κ2) is 8.51. The number of hydrogen-bond donors (Lipinski definition) is 1. The van der Waals surface area contributed by atoms with E-state index in [0.29, 0.717) is 5.69 Å². The third-order valence-corrected chi connectivity index (χ3v) is 6.62. The highest BCUT2D eigenvalue weighted by molar-refractivity contribution is 7.99. The predicted octanol–water partition coefficient (Wildman–Crippen LogP) is 3.20. The average Bonchev–Trinajstić information content (AvgIpc) is 2.60. The Morgan fingerprint density at radius 3 is 2.44 bits per heavy atom. The Kier molecular flexibility index (Phi) is 6.64. The van der Waals surface area contributed by atoms with Gasteiger partial charge in [0.2, 0.25) is 15.9 Å². The molecule has 0 saturated carbocycles. The smallest absolute Gasteiger partial charge is 0.242 e. The zero-order valence-corrected chi connectivity index (χ0v) is 16.1. The molecule has 0 saturated heterocycles. The fraction of sp³-hybridized carbons (Fsp3) is 0.278. The number of hydrogen-bond acceptors (Lipinski definition) is 4. The lowest BCUT2D eigenvalue weighted by Gasteiger charge is -2.14. The molecule has 1 amide bonds. The van der Waals surface area contributed by atoms with Crippen LogP contribution in [0.5, 0.6) is 0 Å². The molecule has 0 radical (unpaired) electrons. The Labute approximate surface area is 153 Å². The Balaban J connectivity index is 2.00. The molecule has 0 aromatic heterocycles. The molecule has 0 aliphatic heterocycles. The molecular weight excluding hydrogens is 356 g/mol. The summed E-state index contributed by atoms with van der Waals surface area (Å²) in [7, 11) is -0.575. The van der Waals surface area contributed by atoms with Gasteiger partial charge in [-0.1, -0.05) is 36.4 Å². The molecule has 0 aliphatic rings. The second-order valence-electron chi connectivity index (χ2n) is 5.74. The number of benzene rings is 2. The standard InChI is InChI=1S/C18H22N2O3S2/c1-14(24-13-15-8-5-4-6-9-15)18(21)19-16-10-7-11-17(12-16)25(22,23)20(2)3/h4-12,14H,13H2,1-3H3,(H,19,21)/t14-/m0/s1. The SMILES string of the molecule is C[C@H](SCc1ccccc1)C(=O)Nc1cccc(S(=O)(=O)N(C)C)c1. The number of nitrogens with one attached hydrogen (secondary N) is 1. The number of sulfonamides is 1. The molecule has 5 nitrogen and oxygen atoms in total. The zero-order valence-electron chi connectivity index (χ0n) is 14.5. The minimum absolute atomic E-state index is 0.152. The lowest BCUT2D eigenvalue weighted by molar-refractivity contribution is -0.115. The van der Waals surface area contributed by atoms with Crippen LogP contribution in [0.15, 0.2) is 59.5 Å². The summed E-state index contributed by atoms with van der Waals surface area (Å²) in [5, 5.41) is 2.53. The lowest BCUT2D eigenvalue weighted by Crippen LogP contribution is -2.24. The first kappa shape index (κ1) is 19.5. The molecule has 0 unspecified atom stereocenters. The van der Waals surface area contributed by atoms with E-state index in [9.17, 15) is 13.2 Å². The van der Waals surface area contributed by atoms with Crippen LogP contribution in [-0.4, -0.2) is 38.0 Å². The van der Waals surface area contributed by atoms with E-state index in [0.717, 1.165) is 15.6 Å². The zero-order chi connectivity index (χ0) is 18.4. The first-order chi connectivity index (χ1) is 11.8. The van der Waals surface area contributed by atoms with Crippen LogP contribution < -0.4 is 5.32 Å². The molecule has 25 heavy (non-hydrogen) atoms. The molecule has 0 spiro atoms. The van der Waals surface area contributed by atoms with Gasteiger partial charge >= 0.3 is 0 Å². The van der Waals surface area contributed by atoms with Gasteiger partial charge < -0.3 is 5.32 Å². The number of carbonyl (C=O) groups excluding carboxylic acids is 1. The molecule has 2 rings (SSSR count). The average molecular weight is 379 g/mol. The predicted molar refractivity (Wildman–Crippen MR) is 103 cm³/mol. The van der Waals surface area contributed by atoms with Crippen molar-refractivity contribution in [2.24, 2.45) is 0 Å². The number of nitrogens with zero attached hydrogens (tertiary/aromatic N) is 1. The van der Waals surface area contributed by atoms with Gasteiger partial charge in [-0.25, -0.2) is 12.7 Å². The van der Waals surface area contributed by atoms with Gasteiger partial charge in [0.05, 0.1) is 10.1 Å². The van der Waals surface area contributed by atoms with Crippen molar-refractivity contribution < 1.29 is 13.2 Å². The fourth-order valence-electron chi connectivity index (χ4n) is 2.06. The van der Waals surface area contributed by atoms with E-state index in [2.05, 4.69) is 5.32 Å². The Morgan fingerprint density at radius 1 is 1.12 bits per heavy atom. The fourth-order valence-corrected chi connectivity index (χ4v) is 3.85. The Morgan fingerprint density at radius 2 is 1.80 bits per heavy atom. The lowest BCUT2D eigenvalue weighted by atomic mass is 10.2. The molecule has 0 heterocycles. The molecule has 0 aliphatic carbocycles. The van der Waals surface area contributed by atoms with Gasteiger partial charge in [0.15, 0.2) is 0 Å². The van der Waals surface area contributed by atoms with Crippen molar-refractivity contribution in [1.29, 1.82) is 0 Å². The third-order valence-electron chi connectivity index (χ3n) is 3.59. The monoisotopic (exact) mass is 378 g/mol. The van der Waals surface area contributed by atoms with E-state index in [4.69, 9.17) is 0 Å². The van der Waals surface area contributed by atoms with E-state index >= 15 is 0 Å². The van der Waals surface area contributed by atoms with Crippen molar-refractivity contribution in [2.45, 2.75) is 22.8 Å². The molecule has 2 aromatic rings. The van der Waals surface area contributed by atoms with E-state index in [1.807, 2.05) is 37.3 Å². The largest absolute Gasteiger partial charge is 0.325 e. The van der Waals surface area contributed by atoms with Gasteiger partial charge in [-0.15, -0.1) is 11.8 Å². The highest BCUT2D eigenvalue weighted by Gasteiger charge is 2.19. The Hall–Kier alpha value is -1.83. The van der Waals surface area contributed by atoms with E-state index < -0.39 is 10.0 Å². The van der Waals surface area contributed by atoms with E-state index in [-0.39, 0.29) is 16.1 Å². The molecule has 7 heteroatoms. The van der Waals surface area contributed by atoms with Crippen LogP contribution in [0.3, 0.4) is 0 Å². The van der Waals surface area contributed by atoms with Gasteiger partial charge in [-0.2, -0.15) is 0 Å². The minimum Gasteiger partial charge on any atom is -0.325 e. The second-order valence-corrected chi connectivity index (χ2v) is 9.22. The van der Waals surface area contributed by atoms with Crippen molar-refractivity contribution in [3.05, 3.63) is 60.2 Å². The molecular formula is C18H22N2O3S2. The quantitative estimate of drug-likeness (QED) is 0.803. The van der Waals surface area contributed by atoms with Crippen molar-refractivity contribution in [2.75, 3.05) is 19.4 Å². The number of thioether (sulfide) groups is 1. The van der Waals surface area contributed by atoms with Crippen molar-refractivity contribution in [3.63, 3.8) is 0 Å². The number of rotatable bonds is 7. The summed E-state index contributed by atoms with van der Waals surface area (Å²) >= 11 is 1.53. The summed E-state index contributed by atoms with van der Waals surface area (Å²) in [6.45, 7) is 1.84. The van der Waals surface area contributed by atoms with Gasteiger partial charge in [-0.3, -0.25) is 4.79 Å². The Bertz CT molecular complexity index is 821. The van der Waals surface area contributed by atoms with Crippen LogP contribution in [0.2, 0.25) is 0 Å². The molecule has 0 fully saturated rings. The third kappa shape index (κ3) is 5.32. The molecule has 0 bridgehead atoms. The first-order valence-corrected chi connectivity index (χ1v) is 10.3.